The third kappa shape index (κ3) is 3.63. The summed E-state index contributed by atoms with van der Waals surface area (Å²) >= 11 is 0. The van der Waals surface area contributed by atoms with Crippen LogP contribution in [0.5, 0.6) is 5.75 Å². The van der Waals surface area contributed by atoms with Gasteiger partial charge in [-0.15, -0.1) is 0 Å². The number of carbonyl (C=O) groups is 1. The van der Waals surface area contributed by atoms with Crippen LogP contribution in [0.1, 0.15) is 38.7 Å². The summed E-state index contributed by atoms with van der Waals surface area (Å²) in [5, 5.41) is 9.50. The van der Waals surface area contributed by atoms with Gasteiger partial charge in [-0.05, 0) is 44.9 Å². The zero-order valence-corrected chi connectivity index (χ0v) is 11.7. The molecule has 1 aromatic carbocycles. The van der Waals surface area contributed by atoms with Crippen molar-refractivity contribution in [2.75, 3.05) is 13.1 Å². The van der Waals surface area contributed by atoms with Gasteiger partial charge in [0, 0.05) is 19.0 Å². The molecule has 0 aliphatic carbocycles. The lowest BCUT2D eigenvalue weighted by Gasteiger charge is -2.24. The van der Waals surface area contributed by atoms with Gasteiger partial charge in [-0.2, -0.15) is 0 Å². The van der Waals surface area contributed by atoms with Gasteiger partial charge in [0.2, 0.25) is 0 Å². The third-order valence-electron chi connectivity index (χ3n) is 3.18. The Morgan fingerprint density at radius 3 is 2.79 bits per heavy atom. The minimum atomic E-state index is -0.458. The van der Waals surface area contributed by atoms with Crippen molar-refractivity contribution in [1.29, 1.82) is 0 Å². The average Bonchev–Trinajstić information content (AvgIpc) is 2.75. The van der Waals surface area contributed by atoms with E-state index < -0.39 is 5.60 Å². The van der Waals surface area contributed by atoms with E-state index >= 15 is 0 Å². The molecular weight excluding hydrogens is 242 g/mol. The largest absolute Gasteiger partial charge is 0.508 e. The van der Waals surface area contributed by atoms with E-state index in [0.29, 0.717) is 13.1 Å². The zero-order valence-electron chi connectivity index (χ0n) is 11.7. The molecule has 0 aromatic heterocycles. The maximum Gasteiger partial charge on any atom is 0.410 e. The lowest BCUT2D eigenvalue weighted by atomic mass is 9.98. The number of phenols is 1. The topological polar surface area (TPSA) is 49.8 Å². The molecule has 4 heteroatoms. The lowest BCUT2D eigenvalue weighted by Crippen LogP contribution is -2.35. The summed E-state index contributed by atoms with van der Waals surface area (Å²) in [7, 11) is 0. The van der Waals surface area contributed by atoms with E-state index in [1.807, 2.05) is 32.9 Å². The molecule has 4 nitrogen and oxygen atoms in total. The smallest absolute Gasteiger partial charge is 0.410 e. The molecule has 0 bridgehead atoms. The highest BCUT2D eigenvalue weighted by atomic mass is 16.6. The molecule has 104 valence electrons. The van der Waals surface area contributed by atoms with E-state index in [2.05, 4.69) is 0 Å². The fourth-order valence-corrected chi connectivity index (χ4v) is 2.30. The van der Waals surface area contributed by atoms with Gasteiger partial charge in [0.25, 0.3) is 0 Å². The van der Waals surface area contributed by atoms with Crippen molar-refractivity contribution in [3.63, 3.8) is 0 Å². The average molecular weight is 263 g/mol. The van der Waals surface area contributed by atoms with Crippen LogP contribution in [0, 0.1) is 0 Å². The van der Waals surface area contributed by atoms with Crippen LogP contribution in [0.4, 0.5) is 4.79 Å². The van der Waals surface area contributed by atoms with E-state index in [4.69, 9.17) is 4.74 Å². The Bertz CT molecular complexity index is 465. The third-order valence-corrected chi connectivity index (χ3v) is 3.18. The van der Waals surface area contributed by atoms with Crippen LogP contribution in [0.25, 0.3) is 0 Å². The fourth-order valence-electron chi connectivity index (χ4n) is 2.30. The molecule has 19 heavy (non-hydrogen) atoms. The number of phenolic OH excluding ortho intramolecular Hbond substituents is 1. The van der Waals surface area contributed by atoms with Crippen LogP contribution in [0.15, 0.2) is 24.3 Å². The Morgan fingerprint density at radius 1 is 1.42 bits per heavy atom. The van der Waals surface area contributed by atoms with Crippen LogP contribution in [-0.2, 0) is 4.74 Å². The predicted octanol–water partition coefficient (Wildman–Crippen LogP) is 3.12. The molecule has 1 unspecified atom stereocenters. The highest BCUT2D eigenvalue weighted by Gasteiger charge is 2.30. The molecule has 1 aromatic rings. The number of hydrogen-bond acceptors (Lipinski definition) is 3. The number of nitrogens with zero attached hydrogens (tertiary/aromatic N) is 1. The molecule has 0 spiro atoms. The van der Waals surface area contributed by atoms with Crippen molar-refractivity contribution in [3.8, 4) is 5.75 Å². The Kier molecular flexibility index (Phi) is 3.69. The van der Waals surface area contributed by atoms with Crippen molar-refractivity contribution < 1.29 is 14.6 Å². The Hall–Kier alpha value is -1.71. The molecule has 1 saturated heterocycles. The van der Waals surface area contributed by atoms with Crippen LogP contribution in [-0.4, -0.2) is 34.8 Å². The van der Waals surface area contributed by atoms with E-state index in [1.165, 1.54) is 0 Å². The number of carbonyl (C=O) groups excluding carboxylic acids is 1. The van der Waals surface area contributed by atoms with Gasteiger partial charge < -0.3 is 14.7 Å². The summed E-state index contributed by atoms with van der Waals surface area (Å²) in [6, 6.07) is 7.25. The molecule has 1 atom stereocenters. The summed E-state index contributed by atoms with van der Waals surface area (Å²) < 4.78 is 5.37. The normalized spacial score (nSPS) is 19.5. The summed E-state index contributed by atoms with van der Waals surface area (Å²) in [6.45, 7) is 6.96. The summed E-state index contributed by atoms with van der Waals surface area (Å²) in [5.74, 6) is 0.549. The van der Waals surface area contributed by atoms with Gasteiger partial charge in [-0.3, -0.25) is 0 Å². The van der Waals surface area contributed by atoms with E-state index in [1.54, 1.807) is 17.0 Å². The monoisotopic (exact) mass is 263 g/mol. The van der Waals surface area contributed by atoms with Crippen LogP contribution in [0.2, 0.25) is 0 Å². The molecule has 1 amide bonds. The first-order valence-corrected chi connectivity index (χ1v) is 6.62. The van der Waals surface area contributed by atoms with Crippen molar-refractivity contribution >= 4 is 6.09 Å². The fraction of sp³-hybridized carbons (Fsp3) is 0.533. The molecule has 1 N–H and O–H groups in total. The lowest BCUT2D eigenvalue weighted by molar-refractivity contribution is 0.0292. The number of hydrogen-bond donors (Lipinski definition) is 1. The first kappa shape index (κ1) is 13.7. The standard InChI is InChI=1S/C15H21NO3/c1-15(2,3)19-14(18)16-8-7-12(10-16)11-5-4-6-13(17)9-11/h4-6,9,12,17H,7-8,10H2,1-3H3. The van der Waals surface area contributed by atoms with Gasteiger partial charge >= 0.3 is 6.09 Å². The van der Waals surface area contributed by atoms with Gasteiger partial charge in [0.1, 0.15) is 11.4 Å². The summed E-state index contributed by atoms with van der Waals surface area (Å²) in [4.78, 5) is 13.7. The number of aromatic hydroxyl groups is 1. The van der Waals surface area contributed by atoms with E-state index in [0.717, 1.165) is 12.0 Å². The minimum Gasteiger partial charge on any atom is -0.508 e. The molecule has 1 heterocycles. The van der Waals surface area contributed by atoms with Crippen LogP contribution in [0.3, 0.4) is 0 Å². The van der Waals surface area contributed by atoms with Gasteiger partial charge in [-0.25, -0.2) is 4.79 Å². The Labute approximate surface area is 114 Å². The maximum absolute atomic E-state index is 12.0. The molecule has 0 radical (unpaired) electrons. The van der Waals surface area contributed by atoms with Gasteiger partial charge in [0.05, 0.1) is 0 Å². The minimum absolute atomic E-state index is 0.254. The number of amides is 1. The first-order valence-electron chi connectivity index (χ1n) is 6.62. The maximum atomic E-state index is 12.0. The van der Waals surface area contributed by atoms with Crippen molar-refractivity contribution in [1.82, 2.24) is 4.90 Å². The summed E-state index contributed by atoms with van der Waals surface area (Å²) in [6.07, 6.45) is 0.651. The highest BCUT2D eigenvalue weighted by molar-refractivity contribution is 5.68. The number of benzene rings is 1. The molecule has 1 aliphatic heterocycles. The number of ether oxygens (including phenoxy) is 1. The Morgan fingerprint density at radius 2 is 2.16 bits per heavy atom. The second-order valence-corrected chi connectivity index (χ2v) is 6.01. The van der Waals surface area contributed by atoms with E-state index in [-0.39, 0.29) is 17.8 Å². The molecule has 1 aliphatic rings. The van der Waals surface area contributed by atoms with E-state index in [9.17, 15) is 9.90 Å². The predicted molar refractivity (Wildman–Crippen MR) is 73.3 cm³/mol. The molecule has 2 rings (SSSR count). The molecule has 0 saturated carbocycles. The molecular formula is C15H21NO3. The Balaban J connectivity index is 1.98. The van der Waals surface area contributed by atoms with Gasteiger partial charge in [-0.1, -0.05) is 12.1 Å². The SMILES string of the molecule is CC(C)(C)OC(=O)N1CCC(c2cccc(O)c2)C1. The second-order valence-electron chi connectivity index (χ2n) is 6.01. The van der Waals surface area contributed by atoms with Crippen molar-refractivity contribution in [2.45, 2.75) is 38.7 Å². The van der Waals surface area contributed by atoms with Crippen molar-refractivity contribution in [3.05, 3.63) is 29.8 Å². The molecule has 1 fully saturated rings. The van der Waals surface area contributed by atoms with Gasteiger partial charge in [0.15, 0.2) is 0 Å². The second kappa shape index (κ2) is 5.11. The highest BCUT2D eigenvalue weighted by Crippen LogP contribution is 2.29. The quantitative estimate of drug-likeness (QED) is 0.847. The van der Waals surface area contributed by atoms with Crippen molar-refractivity contribution in [2.24, 2.45) is 0 Å². The first-order chi connectivity index (χ1) is 8.85. The number of likely N-dealkylation sites (tertiary alicyclic amines) is 1. The summed E-state index contributed by atoms with van der Waals surface area (Å²) in [5.41, 5.74) is 0.617. The van der Waals surface area contributed by atoms with Crippen LogP contribution < -0.4 is 0 Å². The number of rotatable bonds is 1. The van der Waals surface area contributed by atoms with Crippen LogP contribution >= 0.6 is 0 Å². The zero-order chi connectivity index (χ0) is 14.0.